The van der Waals surface area contributed by atoms with Gasteiger partial charge in [0.2, 0.25) is 0 Å². The maximum absolute atomic E-state index is 12.5. The van der Waals surface area contributed by atoms with E-state index in [4.69, 9.17) is 5.11 Å². The number of aliphatic carboxylic acids is 1. The molecule has 114 valence electrons. The summed E-state index contributed by atoms with van der Waals surface area (Å²) in [4.78, 5) is 26.2. The van der Waals surface area contributed by atoms with Crippen LogP contribution in [0.5, 0.6) is 0 Å². The number of carbonyl (C=O) groups is 2. The zero-order valence-electron chi connectivity index (χ0n) is 11.9. The minimum atomic E-state index is -1.00. The minimum Gasteiger partial charge on any atom is -0.478 e. The molecule has 2 heterocycles. The number of carboxylic acids is 1. The molecule has 1 fully saturated rings. The number of rotatable bonds is 4. The Labute approximate surface area is 127 Å². The average molecular weight is 309 g/mol. The highest BCUT2D eigenvalue weighted by Gasteiger charge is 2.25. The molecule has 1 aliphatic rings. The summed E-state index contributed by atoms with van der Waals surface area (Å²) in [7, 11) is 0. The first-order valence-electron chi connectivity index (χ1n) is 6.93. The molecule has 1 aliphatic heterocycles. The van der Waals surface area contributed by atoms with Gasteiger partial charge >= 0.3 is 5.97 Å². The van der Waals surface area contributed by atoms with Gasteiger partial charge in [-0.3, -0.25) is 4.79 Å². The van der Waals surface area contributed by atoms with Crippen LogP contribution in [-0.4, -0.2) is 46.7 Å². The number of carboxylic acid groups (broad SMARTS) is 1. The first-order valence-corrected chi connectivity index (χ1v) is 7.74. The van der Waals surface area contributed by atoms with Crippen LogP contribution in [-0.2, 0) is 4.79 Å². The molecule has 1 amide bonds. The Hall–Kier alpha value is -1.66. The number of likely N-dealkylation sites (tertiary alicyclic amines) is 1. The highest BCUT2D eigenvalue weighted by molar-refractivity contribution is 7.15. The summed E-state index contributed by atoms with van der Waals surface area (Å²) in [6.07, 6.45) is 4.46. The van der Waals surface area contributed by atoms with Gasteiger partial charge in [-0.2, -0.15) is 0 Å². The molecular weight excluding hydrogens is 290 g/mol. The van der Waals surface area contributed by atoms with Crippen molar-refractivity contribution in [2.75, 3.05) is 19.7 Å². The lowest BCUT2D eigenvalue weighted by molar-refractivity contribution is -0.131. The van der Waals surface area contributed by atoms with Crippen molar-refractivity contribution in [2.24, 2.45) is 5.92 Å². The largest absolute Gasteiger partial charge is 0.478 e. The lowest BCUT2D eigenvalue weighted by Gasteiger charge is -2.31. The zero-order chi connectivity index (χ0) is 15.4. The fourth-order valence-corrected chi connectivity index (χ4v) is 3.51. The number of nitrogens with zero attached hydrogens (tertiary/aromatic N) is 1. The summed E-state index contributed by atoms with van der Waals surface area (Å²) in [5.74, 6) is -0.871. The standard InChI is InChI=1S/C15H19NO4S/c1-10-7-13(21-12(10)4-5-14(18)19)15(20)16-6-2-3-11(8-16)9-17/h4-5,7,11,17H,2-3,6,8-9H2,1H3,(H,18,19)/b5-4+. The quantitative estimate of drug-likeness (QED) is 0.834. The summed E-state index contributed by atoms with van der Waals surface area (Å²) in [6.45, 7) is 3.28. The van der Waals surface area contributed by atoms with Gasteiger partial charge in [0.1, 0.15) is 0 Å². The van der Waals surface area contributed by atoms with Crippen LogP contribution in [0.2, 0.25) is 0 Å². The number of amides is 1. The fourth-order valence-electron chi connectivity index (χ4n) is 2.47. The van der Waals surface area contributed by atoms with Crippen LogP contribution < -0.4 is 0 Å². The molecular formula is C15H19NO4S. The molecule has 2 rings (SSSR count). The molecule has 2 N–H and O–H groups in total. The fraction of sp³-hybridized carbons (Fsp3) is 0.467. The van der Waals surface area contributed by atoms with E-state index in [0.29, 0.717) is 18.0 Å². The molecule has 1 aromatic rings. The lowest BCUT2D eigenvalue weighted by Crippen LogP contribution is -2.40. The number of thiophene rings is 1. The van der Waals surface area contributed by atoms with Gasteiger partial charge in [0, 0.05) is 30.6 Å². The van der Waals surface area contributed by atoms with E-state index in [-0.39, 0.29) is 18.4 Å². The van der Waals surface area contributed by atoms with Crippen LogP contribution in [0.3, 0.4) is 0 Å². The second-order valence-corrected chi connectivity index (χ2v) is 6.36. The van der Waals surface area contributed by atoms with Gasteiger partial charge in [-0.05, 0) is 43.4 Å². The van der Waals surface area contributed by atoms with Crippen molar-refractivity contribution in [3.8, 4) is 0 Å². The molecule has 6 heteroatoms. The van der Waals surface area contributed by atoms with Gasteiger partial charge < -0.3 is 15.1 Å². The molecule has 1 saturated heterocycles. The first-order chi connectivity index (χ1) is 10.0. The predicted octanol–water partition coefficient (Wildman–Crippen LogP) is 2.00. The van der Waals surface area contributed by atoms with Crippen LogP contribution in [0.15, 0.2) is 12.1 Å². The predicted molar refractivity (Wildman–Crippen MR) is 81.4 cm³/mol. The number of aryl methyl sites for hydroxylation is 1. The van der Waals surface area contributed by atoms with Gasteiger partial charge in [0.25, 0.3) is 5.91 Å². The Morgan fingerprint density at radius 1 is 1.52 bits per heavy atom. The molecule has 1 aromatic heterocycles. The Balaban J connectivity index is 2.12. The van der Waals surface area contributed by atoms with E-state index < -0.39 is 5.97 Å². The summed E-state index contributed by atoms with van der Waals surface area (Å²) < 4.78 is 0. The van der Waals surface area contributed by atoms with Crippen molar-refractivity contribution < 1.29 is 19.8 Å². The molecule has 21 heavy (non-hydrogen) atoms. The van der Waals surface area contributed by atoms with Gasteiger partial charge in [-0.25, -0.2) is 4.79 Å². The summed E-state index contributed by atoms with van der Waals surface area (Å²) >= 11 is 1.31. The number of piperidine rings is 1. The Morgan fingerprint density at radius 2 is 2.29 bits per heavy atom. The topological polar surface area (TPSA) is 77.8 Å². The van der Waals surface area contributed by atoms with E-state index in [0.717, 1.165) is 29.4 Å². The highest BCUT2D eigenvalue weighted by Crippen LogP contribution is 2.26. The molecule has 1 atom stereocenters. The van der Waals surface area contributed by atoms with Gasteiger partial charge in [0.05, 0.1) is 4.88 Å². The Bertz CT molecular complexity index is 564. The van der Waals surface area contributed by atoms with Crippen LogP contribution >= 0.6 is 11.3 Å². The van der Waals surface area contributed by atoms with Gasteiger partial charge in [-0.15, -0.1) is 11.3 Å². The second-order valence-electron chi connectivity index (χ2n) is 5.27. The zero-order valence-corrected chi connectivity index (χ0v) is 12.7. The van der Waals surface area contributed by atoms with Crippen molar-refractivity contribution in [2.45, 2.75) is 19.8 Å². The summed E-state index contributed by atoms with van der Waals surface area (Å²) in [6, 6.07) is 1.80. The number of hydrogen-bond acceptors (Lipinski definition) is 4. The normalized spacial score (nSPS) is 19.1. The number of carbonyl (C=O) groups excluding carboxylic acids is 1. The molecule has 0 saturated carbocycles. The third-order valence-corrected chi connectivity index (χ3v) is 4.80. The van der Waals surface area contributed by atoms with Crippen LogP contribution in [0.25, 0.3) is 6.08 Å². The van der Waals surface area contributed by atoms with E-state index in [1.807, 2.05) is 6.92 Å². The van der Waals surface area contributed by atoms with E-state index in [1.54, 1.807) is 11.0 Å². The first kappa shape index (κ1) is 15.7. The van der Waals surface area contributed by atoms with Crippen LogP contribution in [0, 0.1) is 12.8 Å². The van der Waals surface area contributed by atoms with Crippen molar-refractivity contribution in [1.29, 1.82) is 0 Å². The second kappa shape index (κ2) is 6.87. The maximum atomic E-state index is 12.5. The summed E-state index contributed by atoms with van der Waals surface area (Å²) in [5, 5.41) is 17.9. The van der Waals surface area contributed by atoms with E-state index in [1.165, 1.54) is 17.4 Å². The SMILES string of the molecule is Cc1cc(C(=O)N2CCCC(CO)C2)sc1/C=C/C(=O)O. The maximum Gasteiger partial charge on any atom is 0.328 e. The van der Waals surface area contributed by atoms with E-state index in [9.17, 15) is 14.7 Å². The monoisotopic (exact) mass is 309 g/mol. The molecule has 0 aliphatic carbocycles. The van der Waals surface area contributed by atoms with Crippen LogP contribution in [0.4, 0.5) is 0 Å². The molecule has 5 nitrogen and oxygen atoms in total. The Kier molecular flexibility index (Phi) is 5.14. The highest BCUT2D eigenvalue weighted by atomic mass is 32.1. The molecule has 1 unspecified atom stereocenters. The number of aliphatic hydroxyl groups is 1. The van der Waals surface area contributed by atoms with Crippen molar-refractivity contribution in [3.05, 3.63) is 27.5 Å². The minimum absolute atomic E-state index is 0.0313. The number of aliphatic hydroxyl groups excluding tert-OH is 1. The third kappa shape index (κ3) is 3.92. The molecule has 0 spiro atoms. The third-order valence-electron chi connectivity index (χ3n) is 3.61. The van der Waals surface area contributed by atoms with Crippen LogP contribution in [0.1, 0.15) is 33.0 Å². The van der Waals surface area contributed by atoms with E-state index in [2.05, 4.69) is 0 Å². The summed E-state index contributed by atoms with van der Waals surface area (Å²) in [5.41, 5.74) is 0.900. The van der Waals surface area contributed by atoms with Gasteiger partial charge in [0.15, 0.2) is 0 Å². The number of hydrogen-bond donors (Lipinski definition) is 2. The van der Waals surface area contributed by atoms with Crippen molar-refractivity contribution in [1.82, 2.24) is 4.90 Å². The molecule has 0 aromatic carbocycles. The average Bonchev–Trinajstić information content (AvgIpc) is 2.85. The van der Waals surface area contributed by atoms with Crippen molar-refractivity contribution in [3.63, 3.8) is 0 Å². The Morgan fingerprint density at radius 3 is 2.95 bits per heavy atom. The van der Waals surface area contributed by atoms with E-state index >= 15 is 0 Å². The molecule has 0 bridgehead atoms. The molecule has 0 radical (unpaired) electrons. The van der Waals surface area contributed by atoms with Gasteiger partial charge in [-0.1, -0.05) is 0 Å². The lowest BCUT2D eigenvalue weighted by atomic mass is 9.99. The smallest absolute Gasteiger partial charge is 0.328 e. The van der Waals surface area contributed by atoms with Crippen molar-refractivity contribution >= 4 is 29.3 Å².